The Bertz CT molecular complexity index is 1210. The minimum atomic E-state index is -0.265. The molecule has 0 fully saturated rings. The van der Waals surface area contributed by atoms with Gasteiger partial charge in [-0.1, -0.05) is 74.5 Å². The molecule has 0 spiro atoms. The first-order valence-electron chi connectivity index (χ1n) is 12.3. The number of para-hydroxylation sites is 1. The van der Waals surface area contributed by atoms with Gasteiger partial charge in [0.15, 0.2) is 0 Å². The van der Waals surface area contributed by atoms with Crippen molar-refractivity contribution in [3.8, 4) is 0 Å². The number of carbonyl (C=O) groups is 1. The van der Waals surface area contributed by atoms with E-state index in [1.807, 2.05) is 29.2 Å². The second kappa shape index (κ2) is 11.1. The molecule has 0 saturated carbocycles. The van der Waals surface area contributed by atoms with Crippen molar-refractivity contribution in [1.82, 2.24) is 9.47 Å². The van der Waals surface area contributed by atoms with E-state index in [4.69, 9.17) is 0 Å². The van der Waals surface area contributed by atoms with Gasteiger partial charge in [-0.25, -0.2) is 4.39 Å². The first-order chi connectivity index (χ1) is 16.6. The van der Waals surface area contributed by atoms with Crippen LogP contribution in [0, 0.1) is 5.82 Å². The Kier molecular flexibility index (Phi) is 7.79. The van der Waals surface area contributed by atoms with E-state index in [-0.39, 0.29) is 17.6 Å². The summed E-state index contributed by atoms with van der Waals surface area (Å²) in [6.45, 7) is 6.48. The van der Waals surface area contributed by atoms with Gasteiger partial charge in [0, 0.05) is 49.1 Å². The zero-order chi connectivity index (χ0) is 23.9. The SMILES string of the molecule is CCCN(CCC)C(=O)C[C@H](c1ccc(F)cc1)c1cn(Cc2ccccc2)c2ccccc12. The fraction of sp³-hybridized carbons (Fsp3) is 0.300. The smallest absolute Gasteiger partial charge is 0.223 e. The van der Waals surface area contributed by atoms with Crippen molar-refractivity contribution in [1.29, 1.82) is 0 Å². The maximum Gasteiger partial charge on any atom is 0.223 e. The molecule has 4 rings (SSSR count). The molecule has 0 bridgehead atoms. The molecule has 0 aliphatic heterocycles. The average molecular weight is 457 g/mol. The van der Waals surface area contributed by atoms with Crippen molar-refractivity contribution in [2.45, 2.75) is 45.6 Å². The first kappa shape index (κ1) is 23.7. The van der Waals surface area contributed by atoms with E-state index in [9.17, 15) is 9.18 Å². The molecule has 1 amide bonds. The summed E-state index contributed by atoms with van der Waals surface area (Å²) >= 11 is 0. The summed E-state index contributed by atoms with van der Waals surface area (Å²) < 4.78 is 16.0. The lowest BCUT2D eigenvalue weighted by Gasteiger charge is -2.25. The third kappa shape index (κ3) is 5.39. The lowest BCUT2D eigenvalue weighted by Crippen LogP contribution is -2.33. The molecule has 0 aliphatic rings. The molecule has 0 unspecified atom stereocenters. The van der Waals surface area contributed by atoms with Gasteiger partial charge in [-0.2, -0.15) is 0 Å². The average Bonchev–Trinajstić information content (AvgIpc) is 3.21. The van der Waals surface area contributed by atoms with Crippen LogP contribution in [0.2, 0.25) is 0 Å². The van der Waals surface area contributed by atoms with Gasteiger partial charge in [-0.15, -0.1) is 0 Å². The van der Waals surface area contributed by atoms with Crippen LogP contribution in [-0.2, 0) is 11.3 Å². The van der Waals surface area contributed by atoms with E-state index in [1.54, 1.807) is 0 Å². The van der Waals surface area contributed by atoms with Crippen LogP contribution in [0.5, 0.6) is 0 Å². The Morgan fingerprint density at radius 2 is 1.53 bits per heavy atom. The predicted molar refractivity (Wildman–Crippen MR) is 138 cm³/mol. The summed E-state index contributed by atoms with van der Waals surface area (Å²) in [6, 6.07) is 25.4. The maximum absolute atomic E-state index is 13.8. The Hall–Kier alpha value is -3.40. The van der Waals surface area contributed by atoms with Gasteiger partial charge in [0.1, 0.15) is 5.82 Å². The van der Waals surface area contributed by atoms with Crippen LogP contribution >= 0.6 is 0 Å². The highest BCUT2D eigenvalue weighted by atomic mass is 19.1. The van der Waals surface area contributed by atoms with E-state index < -0.39 is 0 Å². The van der Waals surface area contributed by atoms with Crippen molar-refractivity contribution >= 4 is 16.8 Å². The molecule has 3 aromatic carbocycles. The van der Waals surface area contributed by atoms with Crippen LogP contribution in [-0.4, -0.2) is 28.5 Å². The Morgan fingerprint density at radius 3 is 2.21 bits per heavy atom. The first-order valence-corrected chi connectivity index (χ1v) is 12.3. The molecule has 34 heavy (non-hydrogen) atoms. The molecule has 3 nitrogen and oxygen atoms in total. The van der Waals surface area contributed by atoms with Crippen molar-refractivity contribution in [2.75, 3.05) is 13.1 Å². The largest absolute Gasteiger partial charge is 0.343 e. The molecule has 1 heterocycles. The fourth-order valence-electron chi connectivity index (χ4n) is 4.77. The highest BCUT2D eigenvalue weighted by molar-refractivity contribution is 5.87. The van der Waals surface area contributed by atoms with Gasteiger partial charge in [-0.3, -0.25) is 4.79 Å². The van der Waals surface area contributed by atoms with E-state index in [2.05, 4.69) is 67.1 Å². The van der Waals surface area contributed by atoms with Crippen LogP contribution in [0.15, 0.2) is 85.1 Å². The van der Waals surface area contributed by atoms with Crippen LogP contribution < -0.4 is 0 Å². The summed E-state index contributed by atoms with van der Waals surface area (Å²) in [7, 11) is 0. The minimum absolute atomic E-state index is 0.147. The Balaban J connectivity index is 1.77. The fourth-order valence-corrected chi connectivity index (χ4v) is 4.77. The van der Waals surface area contributed by atoms with Gasteiger partial charge < -0.3 is 9.47 Å². The lowest BCUT2D eigenvalue weighted by atomic mass is 9.87. The number of amides is 1. The quantitative estimate of drug-likeness (QED) is 0.252. The monoisotopic (exact) mass is 456 g/mol. The second-order valence-corrected chi connectivity index (χ2v) is 8.90. The third-order valence-electron chi connectivity index (χ3n) is 6.38. The molecule has 0 saturated heterocycles. The topological polar surface area (TPSA) is 25.2 Å². The molecule has 4 aromatic rings. The maximum atomic E-state index is 13.8. The van der Waals surface area contributed by atoms with Gasteiger partial charge in [0.05, 0.1) is 0 Å². The predicted octanol–water partition coefficient (Wildman–Crippen LogP) is 7.00. The number of nitrogens with zero attached hydrogens (tertiary/aromatic N) is 2. The van der Waals surface area contributed by atoms with Gasteiger partial charge in [0.25, 0.3) is 0 Å². The molecule has 1 aromatic heterocycles. The van der Waals surface area contributed by atoms with Gasteiger partial charge in [0.2, 0.25) is 5.91 Å². The van der Waals surface area contributed by atoms with E-state index >= 15 is 0 Å². The number of rotatable bonds is 10. The molecule has 1 atom stereocenters. The second-order valence-electron chi connectivity index (χ2n) is 8.90. The number of fused-ring (bicyclic) bond motifs is 1. The van der Waals surface area contributed by atoms with Crippen LogP contribution in [0.25, 0.3) is 10.9 Å². The van der Waals surface area contributed by atoms with Gasteiger partial charge in [-0.05, 0) is 47.7 Å². The molecule has 0 radical (unpaired) electrons. The van der Waals surface area contributed by atoms with E-state index in [1.165, 1.54) is 17.7 Å². The van der Waals surface area contributed by atoms with Crippen LogP contribution in [0.1, 0.15) is 55.7 Å². The lowest BCUT2D eigenvalue weighted by molar-refractivity contribution is -0.131. The number of hydrogen-bond acceptors (Lipinski definition) is 1. The number of aromatic nitrogens is 1. The van der Waals surface area contributed by atoms with Crippen molar-refractivity contribution < 1.29 is 9.18 Å². The molecular formula is C30H33FN2O. The zero-order valence-electron chi connectivity index (χ0n) is 20.1. The number of carbonyl (C=O) groups excluding carboxylic acids is 1. The van der Waals surface area contributed by atoms with Crippen molar-refractivity contribution in [3.05, 3.63) is 108 Å². The molecular weight excluding hydrogens is 423 g/mol. The Labute approximate surface area is 201 Å². The third-order valence-corrected chi connectivity index (χ3v) is 6.38. The standard InChI is InChI=1S/C30H33FN2O/c1-3-18-32(19-4-2)30(34)20-27(24-14-16-25(31)17-15-24)28-22-33(21-23-10-6-5-7-11-23)29-13-9-8-12-26(28)29/h5-17,22,27H,3-4,18-21H2,1-2H3/t27-/m1/s1. The van der Waals surface area contributed by atoms with E-state index in [0.717, 1.165) is 54.5 Å². The highest BCUT2D eigenvalue weighted by Gasteiger charge is 2.25. The van der Waals surface area contributed by atoms with E-state index in [0.29, 0.717) is 6.42 Å². The summed E-state index contributed by atoms with van der Waals surface area (Å²) in [5.41, 5.74) is 4.44. The van der Waals surface area contributed by atoms with Crippen molar-refractivity contribution in [2.24, 2.45) is 0 Å². The summed E-state index contributed by atoms with van der Waals surface area (Å²) in [5.74, 6) is -0.261. The van der Waals surface area contributed by atoms with Gasteiger partial charge >= 0.3 is 0 Å². The van der Waals surface area contributed by atoms with Crippen molar-refractivity contribution in [3.63, 3.8) is 0 Å². The number of halogens is 1. The normalized spacial score (nSPS) is 12.1. The molecule has 176 valence electrons. The minimum Gasteiger partial charge on any atom is -0.343 e. The summed E-state index contributed by atoms with van der Waals surface area (Å²) in [4.78, 5) is 15.4. The summed E-state index contributed by atoms with van der Waals surface area (Å²) in [6.07, 6.45) is 4.42. The number of hydrogen-bond donors (Lipinski definition) is 0. The molecule has 4 heteroatoms. The number of benzene rings is 3. The van der Waals surface area contributed by atoms with Crippen LogP contribution in [0.3, 0.4) is 0 Å². The zero-order valence-corrected chi connectivity index (χ0v) is 20.1. The summed E-state index contributed by atoms with van der Waals surface area (Å²) in [5, 5.41) is 1.14. The highest BCUT2D eigenvalue weighted by Crippen LogP contribution is 2.35. The molecule has 0 aliphatic carbocycles. The Morgan fingerprint density at radius 1 is 0.882 bits per heavy atom. The van der Waals surface area contributed by atoms with Crippen LogP contribution in [0.4, 0.5) is 4.39 Å². The molecule has 0 N–H and O–H groups in total.